The van der Waals surface area contributed by atoms with Gasteiger partial charge in [0.15, 0.2) is 5.82 Å². The van der Waals surface area contributed by atoms with Crippen molar-refractivity contribution in [1.82, 2.24) is 19.9 Å². The van der Waals surface area contributed by atoms with Gasteiger partial charge in [0.2, 0.25) is 5.88 Å². The fourth-order valence-corrected chi connectivity index (χ4v) is 9.17. The number of fused-ring (bicyclic) bond motifs is 3. The number of piperidine rings is 1. The Hall–Kier alpha value is -4.35. The van der Waals surface area contributed by atoms with Crippen LogP contribution in [0, 0.1) is 29.4 Å². The predicted octanol–water partition coefficient (Wildman–Crippen LogP) is 5.60. The Balaban J connectivity index is 1.28. The molecular weight excluding hydrogens is 684 g/mol. The van der Waals surface area contributed by atoms with E-state index in [2.05, 4.69) is 34.6 Å². The third kappa shape index (κ3) is 6.09. The molecule has 2 N–H and O–H groups in total. The quantitative estimate of drug-likeness (QED) is 0.232. The number of aromatic nitrogens is 3. The van der Waals surface area contributed by atoms with Gasteiger partial charge in [-0.3, -0.25) is 4.90 Å². The summed E-state index contributed by atoms with van der Waals surface area (Å²) in [6.07, 6.45) is 10.9. The highest BCUT2D eigenvalue weighted by atomic mass is 19.1. The minimum atomic E-state index is -1.25. The maximum absolute atomic E-state index is 17.3. The molecule has 0 radical (unpaired) electrons. The van der Waals surface area contributed by atoms with Crippen LogP contribution in [0.2, 0.25) is 0 Å². The van der Waals surface area contributed by atoms with E-state index in [9.17, 15) is 10.2 Å². The van der Waals surface area contributed by atoms with Gasteiger partial charge in [0.05, 0.1) is 57.3 Å². The number of likely N-dealkylation sites (tertiary alicyclic amines) is 1. The largest absolute Gasteiger partial charge is 0.508 e. The molecule has 1 unspecified atom stereocenters. The number of nitrogens with zero attached hydrogens (tertiary/aromatic N) is 5. The first-order chi connectivity index (χ1) is 25.3. The molecule has 11 nitrogen and oxygen atoms in total. The highest BCUT2D eigenvalue weighted by Crippen LogP contribution is 2.51. The summed E-state index contributed by atoms with van der Waals surface area (Å²) in [5.41, 5.74) is -2.02. The number of anilines is 1. The number of β-amino-alcohol motifs (C(OH)–C–C–N with tert-alkyl or cyclic N) is 1. The average molecular weight is 730 g/mol. The van der Waals surface area contributed by atoms with Gasteiger partial charge in [0, 0.05) is 29.0 Å². The van der Waals surface area contributed by atoms with Crippen molar-refractivity contribution in [2.24, 2.45) is 5.41 Å². The maximum Gasteiger partial charge on any atom is 0.319 e. The van der Waals surface area contributed by atoms with E-state index in [-0.39, 0.29) is 87.3 Å². The molecule has 5 heterocycles. The van der Waals surface area contributed by atoms with Crippen molar-refractivity contribution in [3.63, 3.8) is 0 Å². The number of benzene rings is 2. The Kier molecular flexibility index (Phi) is 8.88. The lowest BCUT2D eigenvalue weighted by Crippen LogP contribution is -2.68. The fourth-order valence-electron chi connectivity index (χ4n) is 9.17. The van der Waals surface area contributed by atoms with Gasteiger partial charge < -0.3 is 34.1 Å². The van der Waals surface area contributed by atoms with Gasteiger partial charge >= 0.3 is 6.01 Å². The van der Waals surface area contributed by atoms with Crippen LogP contribution in [0.1, 0.15) is 58.4 Å². The first-order valence-electron chi connectivity index (χ1n) is 18.3. The lowest BCUT2D eigenvalue weighted by molar-refractivity contribution is -0.214. The summed E-state index contributed by atoms with van der Waals surface area (Å²) in [4.78, 5) is 18.6. The number of ether oxygens (including phenoxy) is 4. The molecule has 2 aromatic heterocycles. The summed E-state index contributed by atoms with van der Waals surface area (Å²) in [6, 6.07) is 5.99. The molecule has 0 spiro atoms. The molecule has 3 aliphatic heterocycles. The van der Waals surface area contributed by atoms with E-state index >= 15 is 8.78 Å². The van der Waals surface area contributed by atoms with Crippen molar-refractivity contribution in [3.05, 3.63) is 41.5 Å². The van der Waals surface area contributed by atoms with Crippen LogP contribution in [-0.2, 0) is 9.47 Å². The van der Waals surface area contributed by atoms with Crippen LogP contribution in [0.4, 0.5) is 14.6 Å². The molecule has 4 aromatic rings. The highest BCUT2D eigenvalue weighted by molar-refractivity contribution is 6.04. The van der Waals surface area contributed by atoms with E-state index in [1.165, 1.54) is 31.4 Å². The van der Waals surface area contributed by atoms with Crippen LogP contribution < -0.4 is 14.4 Å². The Morgan fingerprint density at radius 3 is 2.60 bits per heavy atom. The van der Waals surface area contributed by atoms with Crippen molar-refractivity contribution in [3.8, 4) is 41.2 Å². The van der Waals surface area contributed by atoms with Crippen LogP contribution in [0.15, 0.2) is 24.3 Å². The number of aliphatic hydroxyl groups is 1. The van der Waals surface area contributed by atoms with Crippen LogP contribution in [0.5, 0.6) is 17.6 Å². The third-order valence-electron chi connectivity index (χ3n) is 11.8. The topological polar surface area (TPSA) is 123 Å². The SMILES string of the molecule is C#Cc1c(F)ccc2cc(O)cc(-c3nc(OC)c4c(N5CCOC[C@@](C)(O)C5)nc(OC[C@]56CCC[C@H]5N(C5COC5(C)C)CCC6)nc4c3F)c12. The molecule has 280 valence electrons. The Morgan fingerprint density at radius 2 is 1.87 bits per heavy atom. The number of pyridine rings is 1. The molecule has 4 fully saturated rings. The molecule has 53 heavy (non-hydrogen) atoms. The van der Waals surface area contributed by atoms with Gasteiger partial charge in [-0.25, -0.2) is 13.8 Å². The summed E-state index contributed by atoms with van der Waals surface area (Å²) in [7, 11) is 1.40. The van der Waals surface area contributed by atoms with Crippen LogP contribution >= 0.6 is 0 Å². The fraction of sp³-hybridized carbons (Fsp3) is 0.525. The van der Waals surface area contributed by atoms with Crippen molar-refractivity contribution in [1.29, 1.82) is 0 Å². The lowest BCUT2D eigenvalue weighted by Gasteiger charge is -2.57. The highest BCUT2D eigenvalue weighted by Gasteiger charge is 2.55. The Labute approximate surface area is 307 Å². The standard InChI is InChI=1S/C40H45F2N5O6/c1-6-25-27(41)11-10-23-17-24(48)18-26(30(23)25)33-32(42)34-31(36(43-33)50-5)35(46-15-16-51-21-39(4,49)20-46)45-37(44-34)52-22-40-12-7-9-28(40)47(14-8-13-40)29-19-53-38(29,2)3/h1,10-11,17-18,28-29,48-49H,7-9,12-16,19-22H2,2-5H3/t28-,29?,39+,40-/m1/s1. The summed E-state index contributed by atoms with van der Waals surface area (Å²) in [5, 5.41) is 22.6. The number of methoxy groups -OCH3 is 1. The number of hydrogen-bond acceptors (Lipinski definition) is 11. The van der Waals surface area contributed by atoms with Crippen molar-refractivity contribution in [2.75, 3.05) is 58.1 Å². The van der Waals surface area contributed by atoms with Gasteiger partial charge in [0.25, 0.3) is 0 Å². The summed E-state index contributed by atoms with van der Waals surface area (Å²) < 4.78 is 56.3. The number of phenols is 1. The molecule has 1 saturated carbocycles. The zero-order valence-electron chi connectivity index (χ0n) is 30.5. The van der Waals surface area contributed by atoms with Crippen LogP contribution in [0.3, 0.4) is 0 Å². The second kappa shape index (κ2) is 13.2. The van der Waals surface area contributed by atoms with E-state index in [4.69, 9.17) is 30.4 Å². The van der Waals surface area contributed by atoms with E-state index in [1.54, 1.807) is 11.8 Å². The number of aromatic hydroxyl groups is 1. The summed E-state index contributed by atoms with van der Waals surface area (Å²) in [6.45, 7) is 8.85. The summed E-state index contributed by atoms with van der Waals surface area (Å²) >= 11 is 0. The molecule has 2 aromatic carbocycles. The molecular formula is C40H45F2N5O6. The monoisotopic (exact) mass is 729 g/mol. The van der Waals surface area contributed by atoms with E-state index in [0.29, 0.717) is 37.2 Å². The minimum Gasteiger partial charge on any atom is -0.508 e. The molecule has 4 atom stereocenters. The van der Waals surface area contributed by atoms with Crippen molar-refractivity contribution >= 4 is 27.5 Å². The molecule has 1 aliphatic carbocycles. The molecule has 13 heteroatoms. The molecule has 0 bridgehead atoms. The Morgan fingerprint density at radius 1 is 1.06 bits per heavy atom. The third-order valence-corrected chi connectivity index (χ3v) is 11.8. The molecule has 0 amide bonds. The van der Waals surface area contributed by atoms with Crippen LogP contribution in [-0.4, -0.2) is 107 Å². The Bertz CT molecular complexity index is 2140. The molecule has 4 aliphatic rings. The predicted molar refractivity (Wildman–Crippen MR) is 195 cm³/mol. The minimum absolute atomic E-state index is 0.0133. The summed E-state index contributed by atoms with van der Waals surface area (Å²) in [5.74, 6) is 0.908. The lowest BCUT2D eigenvalue weighted by atomic mass is 9.73. The van der Waals surface area contributed by atoms with E-state index in [1.807, 2.05) is 0 Å². The second-order valence-electron chi connectivity index (χ2n) is 15.8. The number of halogens is 2. The van der Waals surface area contributed by atoms with E-state index < -0.39 is 17.2 Å². The number of rotatable bonds is 7. The van der Waals surface area contributed by atoms with Gasteiger partial charge in [0.1, 0.15) is 39.6 Å². The zero-order valence-corrected chi connectivity index (χ0v) is 30.5. The van der Waals surface area contributed by atoms with Gasteiger partial charge in [-0.05, 0) is 76.6 Å². The van der Waals surface area contributed by atoms with Gasteiger partial charge in [-0.2, -0.15) is 9.97 Å². The zero-order chi connectivity index (χ0) is 37.3. The number of phenolic OH excluding ortho intramolecular Hbond substituents is 1. The first-order valence-corrected chi connectivity index (χ1v) is 18.3. The average Bonchev–Trinajstić information content (AvgIpc) is 3.48. The van der Waals surface area contributed by atoms with Gasteiger partial charge in [-0.1, -0.05) is 18.4 Å². The van der Waals surface area contributed by atoms with Crippen LogP contribution in [0.25, 0.3) is 32.9 Å². The number of terminal acetylenes is 1. The van der Waals surface area contributed by atoms with Crippen molar-refractivity contribution in [2.45, 2.75) is 76.2 Å². The molecule has 8 rings (SSSR count). The second-order valence-corrected chi connectivity index (χ2v) is 15.8. The smallest absolute Gasteiger partial charge is 0.319 e. The maximum atomic E-state index is 17.3. The number of hydrogen-bond donors (Lipinski definition) is 2. The van der Waals surface area contributed by atoms with E-state index in [0.717, 1.165) is 38.6 Å². The normalized spacial score (nSPS) is 27.2. The molecule has 3 saturated heterocycles. The first kappa shape index (κ1) is 35.7. The van der Waals surface area contributed by atoms with Crippen molar-refractivity contribution < 1.29 is 37.9 Å². The van der Waals surface area contributed by atoms with Gasteiger partial charge in [-0.15, -0.1) is 6.42 Å².